The SMILES string of the molecule is O=C1c2ccccc2C(=O)c2c1cccc2-c1cc2c3c(ccc2c2ccccc12)CCCC3. The fourth-order valence-corrected chi connectivity index (χ4v) is 6.02. The summed E-state index contributed by atoms with van der Waals surface area (Å²) in [5.41, 5.74) is 6.77. The largest absolute Gasteiger partial charge is 0.289 e. The van der Waals surface area contributed by atoms with Gasteiger partial charge in [0.05, 0.1) is 0 Å². The van der Waals surface area contributed by atoms with E-state index in [-0.39, 0.29) is 11.6 Å². The minimum atomic E-state index is -0.0745. The molecular weight excluding hydrogens is 416 g/mol. The second-order valence-corrected chi connectivity index (χ2v) is 9.41. The number of carbonyl (C=O) groups is 2. The van der Waals surface area contributed by atoms with Gasteiger partial charge in [-0.25, -0.2) is 0 Å². The summed E-state index contributed by atoms with van der Waals surface area (Å²) in [6.07, 6.45) is 4.65. The van der Waals surface area contributed by atoms with Crippen molar-refractivity contribution in [3.05, 3.63) is 118 Å². The zero-order chi connectivity index (χ0) is 22.8. The quantitative estimate of drug-likeness (QED) is 0.252. The molecule has 0 aromatic heterocycles. The fourth-order valence-electron chi connectivity index (χ4n) is 6.02. The van der Waals surface area contributed by atoms with Gasteiger partial charge < -0.3 is 0 Å². The van der Waals surface area contributed by atoms with Gasteiger partial charge in [-0.3, -0.25) is 9.59 Å². The van der Waals surface area contributed by atoms with Gasteiger partial charge in [-0.15, -0.1) is 0 Å². The Morgan fingerprint density at radius 2 is 1.12 bits per heavy atom. The van der Waals surface area contributed by atoms with E-state index in [4.69, 9.17) is 0 Å². The van der Waals surface area contributed by atoms with Gasteiger partial charge >= 0.3 is 0 Å². The first-order valence-electron chi connectivity index (χ1n) is 12.0. The lowest BCUT2D eigenvalue weighted by atomic mass is 9.79. The molecule has 0 fully saturated rings. The molecule has 0 amide bonds. The van der Waals surface area contributed by atoms with Crippen LogP contribution >= 0.6 is 0 Å². The van der Waals surface area contributed by atoms with Gasteiger partial charge in [0.2, 0.25) is 0 Å². The molecule has 2 aliphatic carbocycles. The van der Waals surface area contributed by atoms with Crippen LogP contribution in [-0.4, -0.2) is 11.6 Å². The molecular formula is C32H22O2. The van der Waals surface area contributed by atoms with Crippen LogP contribution in [0.25, 0.3) is 32.7 Å². The second kappa shape index (κ2) is 7.23. The molecule has 0 unspecified atom stereocenters. The summed E-state index contributed by atoms with van der Waals surface area (Å²) >= 11 is 0. The highest BCUT2D eigenvalue weighted by Gasteiger charge is 2.32. The first-order valence-corrected chi connectivity index (χ1v) is 12.0. The number of ketones is 2. The molecule has 0 heterocycles. The van der Waals surface area contributed by atoms with Crippen LogP contribution in [0.5, 0.6) is 0 Å². The topological polar surface area (TPSA) is 34.1 Å². The van der Waals surface area contributed by atoms with E-state index in [2.05, 4.69) is 36.4 Å². The van der Waals surface area contributed by atoms with Crippen molar-refractivity contribution >= 4 is 33.1 Å². The van der Waals surface area contributed by atoms with Crippen molar-refractivity contribution in [1.29, 1.82) is 0 Å². The monoisotopic (exact) mass is 438 g/mol. The Morgan fingerprint density at radius 1 is 0.471 bits per heavy atom. The Kier molecular flexibility index (Phi) is 4.13. The Balaban J connectivity index is 1.58. The summed E-state index contributed by atoms with van der Waals surface area (Å²) in [6.45, 7) is 0. The molecule has 0 atom stereocenters. The predicted octanol–water partition coefficient (Wildman–Crippen LogP) is 7.31. The number of carbonyl (C=O) groups excluding carboxylic acids is 2. The van der Waals surface area contributed by atoms with E-state index in [1.807, 2.05) is 30.3 Å². The van der Waals surface area contributed by atoms with Crippen molar-refractivity contribution in [2.24, 2.45) is 0 Å². The molecule has 2 nitrogen and oxygen atoms in total. The van der Waals surface area contributed by atoms with Crippen LogP contribution in [0, 0.1) is 0 Å². The molecule has 34 heavy (non-hydrogen) atoms. The van der Waals surface area contributed by atoms with Gasteiger partial charge in [0.1, 0.15) is 0 Å². The first kappa shape index (κ1) is 19.4. The van der Waals surface area contributed by atoms with Gasteiger partial charge in [-0.1, -0.05) is 78.9 Å². The number of aryl methyl sites for hydroxylation is 2. The third kappa shape index (κ3) is 2.63. The Bertz CT molecular complexity index is 1690. The van der Waals surface area contributed by atoms with Crippen LogP contribution in [0.2, 0.25) is 0 Å². The van der Waals surface area contributed by atoms with E-state index < -0.39 is 0 Å². The third-order valence-corrected chi connectivity index (χ3v) is 7.62. The van der Waals surface area contributed by atoms with Gasteiger partial charge in [0.15, 0.2) is 11.6 Å². The fraction of sp³-hybridized carbons (Fsp3) is 0.125. The van der Waals surface area contributed by atoms with Crippen molar-refractivity contribution in [3.8, 4) is 11.1 Å². The molecule has 0 N–H and O–H groups in total. The van der Waals surface area contributed by atoms with E-state index in [0.717, 1.165) is 29.4 Å². The smallest absolute Gasteiger partial charge is 0.195 e. The van der Waals surface area contributed by atoms with Crippen LogP contribution in [0.4, 0.5) is 0 Å². The molecule has 162 valence electrons. The van der Waals surface area contributed by atoms with E-state index in [1.54, 1.807) is 18.2 Å². The number of hydrogen-bond donors (Lipinski definition) is 0. The summed E-state index contributed by atoms with van der Waals surface area (Å²) < 4.78 is 0. The van der Waals surface area contributed by atoms with Gasteiger partial charge in [0, 0.05) is 22.3 Å². The van der Waals surface area contributed by atoms with Crippen molar-refractivity contribution in [1.82, 2.24) is 0 Å². The predicted molar refractivity (Wildman–Crippen MR) is 137 cm³/mol. The third-order valence-electron chi connectivity index (χ3n) is 7.62. The second-order valence-electron chi connectivity index (χ2n) is 9.41. The Labute approximate surface area is 197 Å². The van der Waals surface area contributed by atoms with Gasteiger partial charge in [0.25, 0.3) is 0 Å². The maximum absolute atomic E-state index is 13.7. The summed E-state index contributed by atoms with van der Waals surface area (Å²) in [7, 11) is 0. The minimum absolute atomic E-state index is 0.0694. The molecule has 2 aliphatic rings. The van der Waals surface area contributed by atoms with E-state index in [0.29, 0.717) is 22.3 Å². The van der Waals surface area contributed by atoms with Crippen LogP contribution < -0.4 is 0 Å². The number of fused-ring (bicyclic) bond motifs is 7. The minimum Gasteiger partial charge on any atom is -0.289 e. The maximum atomic E-state index is 13.7. The summed E-state index contributed by atoms with van der Waals surface area (Å²) in [6, 6.07) is 28.1. The van der Waals surface area contributed by atoms with Crippen molar-refractivity contribution in [3.63, 3.8) is 0 Å². The number of benzene rings is 5. The maximum Gasteiger partial charge on any atom is 0.195 e. The highest BCUT2D eigenvalue weighted by Crippen LogP contribution is 2.42. The van der Waals surface area contributed by atoms with E-state index in [9.17, 15) is 9.59 Å². The summed E-state index contributed by atoms with van der Waals surface area (Å²) in [5.74, 6) is -0.144. The highest BCUT2D eigenvalue weighted by atomic mass is 16.1. The Morgan fingerprint density at radius 3 is 1.97 bits per heavy atom. The Hall–Kier alpha value is -4.04. The molecule has 0 bridgehead atoms. The molecule has 0 aliphatic heterocycles. The molecule has 5 aromatic carbocycles. The normalized spacial score (nSPS) is 14.7. The molecule has 0 saturated heterocycles. The first-order chi connectivity index (χ1) is 16.7. The summed E-state index contributed by atoms with van der Waals surface area (Å²) in [5, 5.41) is 4.84. The van der Waals surface area contributed by atoms with Crippen molar-refractivity contribution in [2.75, 3.05) is 0 Å². The lowest BCUT2D eigenvalue weighted by Gasteiger charge is -2.23. The molecule has 0 radical (unpaired) electrons. The lowest BCUT2D eigenvalue weighted by Crippen LogP contribution is -2.21. The molecule has 2 heteroatoms. The van der Waals surface area contributed by atoms with E-state index >= 15 is 0 Å². The van der Waals surface area contributed by atoms with Crippen molar-refractivity contribution < 1.29 is 9.59 Å². The number of rotatable bonds is 1. The number of hydrogen-bond acceptors (Lipinski definition) is 2. The zero-order valence-corrected chi connectivity index (χ0v) is 18.7. The molecule has 0 saturated carbocycles. The molecule has 5 aromatic rings. The highest BCUT2D eigenvalue weighted by molar-refractivity contribution is 6.31. The van der Waals surface area contributed by atoms with Crippen LogP contribution in [0.15, 0.2) is 84.9 Å². The zero-order valence-electron chi connectivity index (χ0n) is 18.7. The van der Waals surface area contributed by atoms with Crippen molar-refractivity contribution in [2.45, 2.75) is 25.7 Å². The van der Waals surface area contributed by atoms with Crippen LogP contribution in [0.3, 0.4) is 0 Å². The average molecular weight is 439 g/mol. The summed E-state index contributed by atoms with van der Waals surface area (Å²) in [4.78, 5) is 27.1. The van der Waals surface area contributed by atoms with Gasteiger partial charge in [-0.05, 0) is 75.5 Å². The molecule has 7 rings (SSSR count). The molecule has 0 spiro atoms. The average Bonchev–Trinajstić information content (AvgIpc) is 2.90. The lowest BCUT2D eigenvalue weighted by molar-refractivity contribution is 0.0979. The van der Waals surface area contributed by atoms with Crippen LogP contribution in [0.1, 0.15) is 55.8 Å². The standard InChI is InChI=1S/C32H22O2/c33-31-25-12-5-6-13-26(25)32(34)30-24(14-7-15-27(30)31)29-18-28-20-9-2-1-8-19(20)16-17-23(28)21-10-3-4-11-22(21)29/h3-7,10-18H,1-2,8-9H2. The van der Waals surface area contributed by atoms with Gasteiger partial charge in [-0.2, -0.15) is 0 Å². The van der Waals surface area contributed by atoms with Crippen LogP contribution in [-0.2, 0) is 12.8 Å². The van der Waals surface area contributed by atoms with E-state index in [1.165, 1.54) is 40.1 Å².